The highest BCUT2D eigenvalue weighted by Crippen LogP contribution is 2.16. The summed E-state index contributed by atoms with van der Waals surface area (Å²) in [7, 11) is 0. The summed E-state index contributed by atoms with van der Waals surface area (Å²) in [6.45, 7) is 5.09. The number of aryl methyl sites for hydroxylation is 2. The van der Waals surface area contributed by atoms with Gasteiger partial charge >= 0.3 is 0 Å². The number of carbonyl (C=O) groups excluding carboxylic acids is 1. The van der Waals surface area contributed by atoms with Crippen LogP contribution in [0.1, 0.15) is 23.0 Å². The zero-order valence-corrected chi connectivity index (χ0v) is 14.5. The quantitative estimate of drug-likeness (QED) is 0.464. The molecule has 0 spiro atoms. The van der Waals surface area contributed by atoms with Crippen molar-refractivity contribution in [3.8, 4) is 0 Å². The zero-order valence-electron chi connectivity index (χ0n) is 14.5. The number of H-pyrrole nitrogens is 1. The molecule has 0 fully saturated rings. The summed E-state index contributed by atoms with van der Waals surface area (Å²) in [6, 6.07) is 3.07. The van der Waals surface area contributed by atoms with Crippen LogP contribution in [0.2, 0.25) is 0 Å². The van der Waals surface area contributed by atoms with E-state index in [0.29, 0.717) is 54.0 Å². The minimum Gasteiger partial charge on any atom is -0.369 e. The van der Waals surface area contributed by atoms with E-state index in [0.717, 1.165) is 0 Å². The molecular formula is C16H20N8O2. The highest BCUT2D eigenvalue weighted by Gasteiger charge is 2.12. The van der Waals surface area contributed by atoms with Gasteiger partial charge in [0.2, 0.25) is 11.9 Å². The lowest BCUT2D eigenvalue weighted by Crippen LogP contribution is -2.29. The highest BCUT2D eigenvalue weighted by atomic mass is 16.1. The monoisotopic (exact) mass is 356 g/mol. The molecule has 0 aromatic carbocycles. The molecule has 3 aromatic heterocycles. The Morgan fingerprint density at radius 1 is 1.31 bits per heavy atom. The van der Waals surface area contributed by atoms with Crippen LogP contribution in [0, 0.1) is 6.92 Å². The molecule has 0 aliphatic carbocycles. The van der Waals surface area contributed by atoms with Crippen molar-refractivity contribution < 1.29 is 4.79 Å². The van der Waals surface area contributed by atoms with Gasteiger partial charge in [-0.3, -0.25) is 19.1 Å². The van der Waals surface area contributed by atoms with E-state index >= 15 is 0 Å². The fraction of sp³-hybridized carbons (Fsp3) is 0.312. The predicted octanol–water partition coefficient (Wildman–Crippen LogP) is 0.267. The first-order chi connectivity index (χ1) is 12.5. The number of rotatable bonds is 6. The summed E-state index contributed by atoms with van der Waals surface area (Å²) in [5.74, 6) is 0.473. The van der Waals surface area contributed by atoms with Crippen molar-refractivity contribution in [2.24, 2.45) is 0 Å². The lowest BCUT2D eigenvalue weighted by molar-refractivity contribution is 0.0955. The van der Waals surface area contributed by atoms with Crippen molar-refractivity contribution in [3.05, 3.63) is 39.9 Å². The van der Waals surface area contributed by atoms with Gasteiger partial charge in [-0.05, 0) is 19.9 Å². The van der Waals surface area contributed by atoms with Crippen LogP contribution in [0.15, 0.2) is 23.1 Å². The fourth-order valence-corrected chi connectivity index (χ4v) is 2.59. The third-order valence-electron chi connectivity index (χ3n) is 3.77. The second kappa shape index (κ2) is 7.21. The molecule has 0 aliphatic heterocycles. The van der Waals surface area contributed by atoms with Crippen molar-refractivity contribution >= 4 is 29.0 Å². The molecule has 1 amide bonds. The Morgan fingerprint density at radius 3 is 2.85 bits per heavy atom. The molecule has 10 nitrogen and oxygen atoms in total. The van der Waals surface area contributed by atoms with Crippen LogP contribution in [0.3, 0.4) is 0 Å². The zero-order chi connectivity index (χ0) is 18.7. The van der Waals surface area contributed by atoms with E-state index in [-0.39, 0.29) is 11.5 Å². The molecule has 0 radical (unpaired) electrons. The van der Waals surface area contributed by atoms with E-state index in [4.69, 9.17) is 5.73 Å². The Hall–Kier alpha value is -3.43. The molecule has 0 saturated heterocycles. The van der Waals surface area contributed by atoms with E-state index < -0.39 is 0 Å². The Balaban J connectivity index is 1.59. The molecule has 3 heterocycles. The van der Waals surface area contributed by atoms with Crippen LogP contribution >= 0.6 is 0 Å². The van der Waals surface area contributed by atoms with Gasteiger partial charge in [0.15, 0.2) is 5.65 Å². The van der Waals surface area contributed by atoms with Crippen molar-refractivity contribution in [1.82, 2.24) is 29.8 Å². The van der Waals surface area contributed by atoms with Gasteiger partial charge in [-0.2, -0.15) is 0 Å². The number of hydrogen-bond acceptors (Lipinski definition) is 7. The van der Waals surface area contributed by atoms with Crippen LogP contribution < -0.4 is 21.9 Å². The van der Waals surface area contributed by atoms with Crippen LogP contribution in [0.5, 0.6) is 0 Å². The molecule has 0 bridgehead atoms. The van der Waals surface area contributed by atoms with Crippen molar-refractivity contribution in [2.75, 3.05) is 24.1 Å². The van der Waals surface area contributed by atoms with Gasteiger partial charge in [0.25, 0.3) is 11.5 Å². The van der Waals surface area contributed by atoms with Gasteiger partial charge < -0.3 is 16.4 Å². The average Bonchev–Trinajstić information content (AvgIpc) is 2.91. The number of nitrogens with two attached hydrogens (primary N) is 1. The number of hydrogen-bond donors (Lipinski definition) is 4. The first-order valence-electron chi connectivity index (χ1n) is 8.19. The summed E-state index contributed by atoms with van der Waals surface area (Å²) in [4.78, 5) is 38.8. The van der Waals surface area contributed by atoms with Gasteiger partial charge in [-0.1, -0.05) is 0 Å². The average molecular weight is 356 g/mol. The van der Waals surface area contributed by atoms with Gasteiger partial charge in [-0.25, -0.2) is 15.0 Å². The third kappa shape index (κ3) is 3.63. The van der Waals surface area contributed by atoms with E-state index in [9.17, 15) is 9.59 Å². The Kier molecular flexibility index (Phi) is 4.83. The maximum Gasteiger partial charge on any atom is 0.252 e. The maximum absolute atomic E-state index is 12.3. The van der Waals surface area contributed by atoms with Crippen LogP contribution in [-0.4, -0.2) is 43.5 Å². The molecule has 0 atom stereocenters. The van der Waals surface area contributed by atoms with Crippen molar-refractivity contribution in [1.29, 1.82) is 0 Å². The van der Waals surface area contributed by atoms with Crippen LogP contribution in [0.4, 0.5) is 11.9 Å². The third-order valence-corrected chi connectivity index (χ3v) is 3.77. The molecule has 0 saturated carbocycles. The van der Waals surface area contributed by atoms with Crippen LogP contribution in [0.25, 0.3) is 11.2 Å². The number of aromatic amines is 1. The lowest BCUT2D eigenvalue weighted by Gasteiger charge is -2.07. The van der Waals surface area contributed by atoms with E-state index in [1.807, 2.05) is 6.92 Å². The molecule has 10 heteroatoms. The normalized spacial score (nSPS) is 10.8. The smallest absolute Gasteiger partial charge is 0.252 e. The fourth-order valence-electron chi connectivity index (χ4n) is 2.59. The van der Waals surface area contributed by atoms with Gasteiger partial charge in [-0.15, -0.1) is 0 Å². The number of fused-ring (bicyclic) bond motifs is 1. The van der Waals surface area contributed by atoms with Gasteiger partial charge in [0.05, 0.1) is 5.56 Å². The van der Waals surface area contributed by atoms with Crippen molar-refractivity contribution in [2.45, 2.75) is 20.4 Å². The van der Waals surface area contributed by atoms with Crippen LogP contribution in [-0.2, 0) is 6.54 Å². The highest BCUT2D eigenvalue weighted by molar-refractivity contribution is 5.96. The number of anilines is 2. The molecule has 136 valence electrons. The summed E-state index contributed by atoms with van der Waals surface area (Å²) in [5.41, 5.74) is 7.86. The first kappa shape index (κ1) is 17.4. The number of carbonyl (C=O) groups is 1. The Bertz CT molecular complexity index is 1010. The minimum absolute atomic E-state index is 0.228. The molecule has 5 N–H and O–H groups in total. The maximum atomic E-state index is 12.3. The summed E-state index contributed by atoms with van der Waals surface area (Å²) < 4.78 is 1.77. The molecule has 26 heavy (non-hydrogen) atoms. The molecule has 3 aromatic rings. The minimum atomic E-state index is -0.267. The topological polar surface area (TPSA) is 144 Å². The Morgan fingerprint density at radius 2 is 2.12 bits per heavy atom. The number of nitrogens with one attached hydrogen (secondary N) is 3. The SMILES string of the molecule is CCn1c(N)nc2cc(C(=O)NCCNc3nc(C)cc(=O)[nH]3)cnc21. The second-order valence-electron chi connectivity index (χ2n) is 5.70. The number of imidazole rings is 1. The molecule has 0 aliphatic rings. The summed E-state index contributed by atoms with van der Waals surface area (Å²) >= 11 is 0. The number of aromatic nitrogens is 5. The lowest BCUT2D eigenvalue weighted by atomic mass is 10.2. The number of nitrogen functional groups attached to an aromatic ring is 1. The standard InChI is InChI=1S/C16H20N8O2/c1-3-24-13-11(22-15(24)17)7-10(8-20-13)14(26)18-4-5-19-16-21-9(2)6-12(25)23-16/h6-8H,3-5H2,1-2H3,(H2,17,22)(H,18,26)(H2,19,21,23,25). The molecule has 3 rings (SSSR count). The number of amides is 1. The number of nitrogens with zero attached hydrogens (tertiary/aromatic N) is 4. The second-order valence-corrected chi connectivity index (χ2v) is 5.70. The van der Waals surface area contributed by atoms with E-state index in [2.05, 4.69) is 30.6 Å². The van der Waals surface area contributed by atoms with Gasteiger partial charge in [0, 0.05) is 37.6 Å². The largest absolute Gasteiger partial charge is 0.369 e. The molecule has 0 unspecified atom stereocenters. The van der Waals surface area contributed by atoms with Gasteiger partial charge in [0.1, 0.15) is 5.52 Å². The molecular weight excluding hydrogens is 336 g/mol. The summed E-state index contributed by atoms with van der Waals surface area (Å²) in [5, 5.41) is 5.72. The van der Waals surface area contributed by atoms with E-state index in [1.54, 1.807) is 17.6 Å². The van der Waals surface area contributed by atoms with E-state index in [1.165, 1.54) is 12.3 Å². The Labute approximate surface area is 148 Å². The predicted molar refractivity (Wildman–Crippen MR) is 98.0 cm³/mol. The first-order valence-corrected chi connectivity index (χ1v) is 8.19. The summed E-state index contributed by atoms with van der Waals surface area (Å²) in [6.07, 6.45) is 1.50. The number of pyridine rings is 1. The van der Waals surface area contributed by atoms with Crippen molar-refractivity contribution in [3.63, 3.8) is 0 Å².